The van der Waals surface area contributed by atoms with Crippen molar-refractivity contribution in [3.8, 4) is 0 Å². The number of rotatable bonds is 9. The summed E-state index contributed by atoms with van der Waals surface area (Å²) in [5, 5.41) is 6.48. The highest BCUT2D eigenvalue weighted by Crippen LogP contribution is 2.10. The van der Waals surface area contributed by atoms with Gasteiger partial charge in [-0.25, -0.2) is 4.79 Å². The van der Waals surface area contributed by atoms with Crippen LogP contribution >= 0.6 is 0 Å². The Hall–Kier alpha value is -0.810. The van der Waals surface area contributed by atoms with Crippen LogP contribution in [0.2, 0.25) is 0 Å². The fraction of sp³-hybridized carbons (Fsp3) is 0.941. The van der Waals surface area contributed by atoms with E-state index < -0.39 is 5.60 Å². The van der Waals surface area contributed by atoms with Crippen LogP contribution in [0.3, 0.4) is 0 Å². The van der Waals surface area contributed by atoms with Crippen molar-refractivity contribution >= 4 is 6.09 Å². The summed E-state index contributed by atoms with van der Waals surface area (Å²) in [6.07, 6.45) is 0.624. The monoisotopic (exact) mass is 316 g/mol. The third-order valence-electron chi connectivity index (χ3n) is 3.25. The Morgan fingerprint density at radius 1 is 1.14 bits per heavy atom. The van der Waals surface area contributed by atoms with E-state index in [1.54, 1.807) is 7.11 Å². The number of nitrogens with one attached hydrogen (secondary N) is 2. The Labute approximate surface area is 136 Å². The van der Waals surface area contributed by atoms with Crippen molar-refractivity contribution in [2.24, 2.45) is 11.8 Å². The Kier molecular flexibility index (Phi) is 9.69. The van der Waals surface area contributed by atoms with Crippen molar-refractivity contribution in [1.29, 1.82) is 0 Å². The molecule has 0 aliphatic carbocycles. The fourth-order valence-corrected chi connectivity index (χ4v) is 2.22. The Bertz CT molecular complexity index is 312. The summed E-state index contributed by atoms with van der Waals surface area (Å²) in [5.41, 5.74) is -0.471. The normalized spacial score (nSPS) is 15.0. The van der Waals surface area contributed by atoms with Crippen LogP contribution in [0, 0.1) is 11.8 Å². The van der Waals surface area contributed by atoms with Gasteiger partial charge in [-0.2, -0.15) is 0 Å². The number of methoxy groups -OCH3 is 1. The smallest absolute Gasteiger partial charge is 0.407 e. The number of carbonyl (C=O) groups excluding carboxylic acids is 1. The maximum atomic E-state index is 11.8. The number of hydrogen-bond acceptors (Lipinski definition) is 4. The highest BCUT2D eigenvalue weighted by atomic mass is 16.6. The van der Waals surface area contributed by atoms with Gasteiger partial charge in [-0.15, -0.1) is 0 Å². The fourth-order valence-electron chi connectivity index (χ4n) is 2.22. The molecule has 0 aromatic heterocycles. The second-order valence-corrected chi connectivity index (χ2v) is 7.68. The molecule has 0 saturated carbocycles. The van der Waals surface area contributed by atoms with Crippen molar-refractivity contribution in [2.75, 3.05) is 20.3 Å². The predicted molar refractivity (Wildman–Crippen MR) is 91.1 cm³/mol. The lowest BCUT2D eigenvalue weighted by Gasteiger charge is -2.29. The maximum Gasteiger partial charge on any atom is 0.407 e. The zero-order valence-corrected chi connectivity index (χ0v) is 15.7. The van der Waals surface area contributed by atoms with Gasteiger partial charge in [-0.3, -0.25) is 0 Å². The lowest BCUT2D eigenvalue weighted by molar-refractivity contribution is 0.0517. The van der Waals surface area contributed by atoms with Crippen molar-refractivity contribution in [3.63, 3.8) is 0 Å². The summed E-state index contributed by atoms with van der Waals surface area (Å²) < 4.78 is 10.6. The SMILES string of the molecule is COCC(NC(CNC(=O)OC(C)(C)C)CC(C)C)C(C)C. The van der Waals surface area contributed by atoms with Crippen molar-refractivity contribution in [3.05, 3.63) is 0 Å². The van der Waals surface area contributed by atoms with Crippen LogP contribution in [0.4, 0.5) is 4.79 Å². The van der Waals surface area contributed by atoms with E-state index >= 15 is 0 Å². The average molecular weight is 316 g/mol. The van der Waals surface area contributed by atoms with Crippen molar-refractivity contribution < 1.29 is 14.3 Å². The van der Waals surface area contributed by atoms with Crippen LogP contribution in [0.1, 0.15) is 54.9 Å². The molecule has 2 atom stereocenters. The van der Waals surface area contributed by atoms with Crippen LogP contribution < -0.4 is 10.6 Å². The molecule has 0 aromatic carbocycles. The first-order chi connectivity index (χ1) is 10.0. The van der Waals surface area contributed by atoms with Crippen LogP contribution in [0.25, 0.3) is 0 Å². The lowest BCUT2D eigenvalue weighted by Crippen LogP contribution is -2.50. The van der Waals surface area contributed by atoms with Gasteiger partial charge >= 0.3 is 6.09 Å². The first-order valence-corrected chi connectivity index (χ1v) is 8.27. The molecule has 0 heterocycles. The topological polar surface area (TPSA) is 59.6 Å². The summed E-state index contributed by atoms with van der Waals surface area (Å²) in [6.45, 7) is 15.5. The van der Waals surface area contributed by atoms with E-state index in [2.05, 4.69) is 38.3 Å². The van der Waals surface area contributed by atoms with Gasteiger partial charge in [0.15, 0.2) is 0 Å². The summed E-state index contributed by atoms with van der Waals surface area (Å²) in [7, 11) is 1.72. The second-order valence-electron chi connectivity index (χ2n) is 7.68. The van der Waals surface area contributed by atoms with Gasteiger partial charge < -0.3 is 20.1 Å². The molecule has 0 fully saturated rings. The molecule has 132 valence electrons. The van der Waals surface area contributed by atoms with Gasteiger partial charge in [0.2, 0.25) is 0 Å². The van der Waals surface area contributed by atoms with Crippen molar-refractivity contribution in [1.82, 2.24) is 10.6 Å². The standard InChI is InChI=1S/C17H36N2O3/c1-12(2)9-14(19-15(11-21-8)13(3)4)10-18-16(20)22-17(5,6)7/h12-15,19H,9-11H2,1-8H3,(H,18,20). The summed E-state index contributed by atoms with van der Waals surface area (Å²) in [6, 6.07) is 0.476. The zero-order chi connectivity index (χ0) is 17.3. The highest BCUT2D eigenvalue weighted by molar-refractivity contribution is 5.67. The molecule has 0 aromatic rings. The van der Waals surface area contributed by atoms with E-state index in [0.29, 0.717) is 25.0 Å². The molecular weight excluding hydrogens is 280 g/mol. The first kappa shape index (κ1) is 21.2. The number of carbonyl (C=O) groups is 1. The Morgan fingerprint density at radius 3 is 2.14 bits per heavy atom. The first-order valence-electron chi connectivity index (χ1n) is 8.27. The van der Waals surface area contributed by atoms with Gasteiger partial charge in [-0.1, -0.05) is 27.7 Å². The van der Waals surface area contributed by atoms with E-state index in [9.17, 15) is 4.79 Å². The Balaban J connectivity index is 4.53. The summed E-state index contributed by atoms with van der Waals surface area (Å²) in [4.78, 5) is 11.8. The third-order valence-corrected chi connectivity index (χ3v) is 3.25. The van der Waals surface area contributed by atoms with Crippen LogP contribution in [-0.4, -0.2) is 44.0 Å². The molecule has 2 N–H and O–H groups in total. The molecule has 5 nitrogen and oxygen atoms in total. The van der Waals surface area contributed by atoms with Gasteiger partial charge in [0.05, 0.1) is 6.61 Å². The molecule has 2 unspecified atom stereocenters. The number of amides is 1. The predicted octanol–water partition coefficient (Wildman–Crippen LogP) is 3.19. The second kappa shape index (κ2) is 10.1. The molecule has 0 spiro atoms. The molecule has 0 rings (SSSR count). The van der Waals surface area contributed by atoms with Crippen LogP contribution in [0.15, 0.2) is 0 Å². The van der Waals surface area contributed by atoms with Gasteiger partial charge in [0, 0.05) is 25.7 Å². The van der Waals surface area contributed by atoms with Gasteiger partial charge in [0.1, 0.15) is 5.60 Å². The molecule has 22 heavy (non-hydrogen) atoms. The third kappa shape index (κ3) is 10.9. The van der Waals surface area contributed by atoms with E-state index in [0.717, 1.165) is 6.42 Å². The largest absolute Gasteiger partial charge is 0.444 e. The molecule has 0 radical (unpaired) electrons. The van der Waals surface area contributed by atoms with E-state index in [1.807, 2.05) is 20.8 Å². The minimum Gasteiger partial charge on any atom is -0.444 e. The van der Waals surface area contributed by atoms with Crippen molar-refractivity contribution in [2.45, 2.75) is 72.6 Å². The minimum atomic E-state index is -0.471. The zero-order valence-electron chi connectivity index (χ0n) is 15.7. The Morgan fingerprint density at radius 2 is 1.73 bits per heavy atom. The lowest BCUT2D eigenvalue weighted by atomic mass is 9.99. The quantitative estimate of drug-likeness (QED) is 0.686. The number of ether oxygens (including phenoxy) is 2. The van der Waals surface area contributed by atoms with Gasteiger partial charge in [-0.05, 0) is 39.0 Å². The summed E-state index contributed by atoms with van der Waals surface area (Å²) in [5.74, 6) is 1.02. The van der Waals surface area contributed by atoms with Crippen LogP contribution in [0.5, 0.6) is 0 Å². The van der Waals surface area contributed by atoms with Gasteiger partial charge in [0.25, 0.3) is 0 Å². The van der Waals surface area contributed by atoms with E-state index in [1.165, 1.54) is 0 Å². The maximum absolute atomic E-state index is 11.8. The van der Waals surface area contributed by atoms with Crippen LogP contribution in [-0.2, 0) is 9.47 Å². The molecule has 0 aliphatic rings. The number of alkyl carbamates (subject to hydrolysis) is 1. The summed E-state index contributed by atoms with van der Waals surface area (Å²) >= 11 is 0. The molecule has 0 saturated heterocycles. The molecule has 0 aliphatic heterocycles. The minimum absolute atomic E-state index is 0.204. The number of hydrogen-bond donors (Lipinski definition) is 2. The van der Waals surface area contributed by atoms with E-state index in [-0.39, 0.29) is 18.2 Å². The highest BCUT2D eigenvalue weighted by Gasteiger charge is 2.21. The average Bonchev–Trinajstić information content (AvgIpc) is 2.32. The van der Waals surface area contributed by atoms with E-state index in [4.69, 9.17) is 9.47 Å². The molecular formula is C17H36N2O3. The molecule has 5 heteroatoms. The molecule has 0 bridgehead atoms. The molecule has 1 amide bonds.